The molecule has 0 fully saturated rings. The van der Waals surface area contributed by atoms with E-state index in [-0.39, 0.29) is 0 Å². The maximum atomic E-state index is 3.56. The molecule has 0 atom stereocenters. The molecule has 0 aromatic rings. The van der Waals surface area contributed by atoms with Crippen molar-refractivity contribution in [1.29, 1.82) is 0 Å². The molecule has 0 bridgehead atoms. The predicted octanol–water partition coefficient (Wildman–Crippen LogP) is 2.13. The molecule has 0 saturated heterocycles. The minimum atomic E-state index is 1.17. The number of thiol groups is 1. The predicted molar refractivity (Wildman–Crippen MR) is 35.4 cm³/mol. The van der Waals surface area contributed by atoms with Crippen molar-refractivity contribution >= 4 is 12.6 Å². The Bertz CT molecular complexity index is 26.9. The molecule has 6 heavy (non-hydrogen) atoms. The number of allylic oxidation sites excluding steroid dienone is 1. The number of hydrogen-bond acceptors (Lipinski definition) is 1. The second-order valence-electron chi connectivity index (χ2n) is 1.21. The molecule has 0 heterocycles. The highest BCUT2D eigenvalue weighted by Gasteiger charge is 1.51. The largest absolute Gasteiger partial charge is 0.183 e. The Morgan fingerprint density at radius 1 is 1.33 bits per heavy atom. The monoisotopic (exact) mass is 104 g/mol. The van der Waals surface area contributed by atoms with Crippen molar-refractivity contribution in [3.05, 3.63) is 12.2 Å². The van der Waals surface area contributed by atoms with Crippen molar-refractivity contribution in [1.82, 2.24) is 0 Å². The summed E-state index contributed by atoms with van der Waals surface area (Å²) >= 11 is 3.53. The fourth-order valence-corrected chi connectivity index (χ4v) is 0. The van der Waals surface area contributed by atoms with Gasteiger partial charge in [-0.25, -0.2) is 0 Å². The summed E-state index contributed by atoms with van der Waals surface area (Å²) in [5, 5.41) is 0. The lowest BCUT2D eigenvalue weighted by Gasteiger charge is -1.65. The molecule has 0 N–H and O–H groups in total. The maximum absolute atomic E-state index is 3.56. The van der Waals surface area contributed by atoms with Gasteiger partial charge in [0.05, 0.1) is 0 Å². The molecule has 0 unspecified atom stereocenters. The lowest BCUT2D eigenvalue weighted by Crippen LogP contribution is -1.43. The summed E-state index contributed by atoms with van der Waals surface area (Å²) in [7, 11) is 0. The van der Waals surface area contributed by atoms with E-state index in [0.29, 0.717) is 0 Å². The zero-order valence-corrected chi connectivity index (χ0v) is 5.55. The molecule has 0 aliphatic rings. The van der Waals surface area contributed by atoms with Crippen LogP contribution in [0.1, 0.15) is 13.8 Å². The van der Waals surface area contributed by atoms with Gasteiger partial charge < -0.3 is 0 Å². The molecule has 0 nitrogen and oxygen atoms in total. The van der Waals surface area contributed by atoms with E-state index in [9.17, 15) is 0 Å². The van der Waals surface area contributed by atoms with Gasteiger partial charge in [-0.05, 0) is 20.1 Å². The highest BCUT2D eigenvalue weighted by molar-refractivity contribution is 7.79. The highest BCUT2D eigenvalue weighted by Crippen LogP contribution is 1.73. The van der Waals surface area contributed by atoms with E-state index in [1.807, 2.05) is 13.8 Å². The number of hydrogen-bond donors (Lipinski definition) is 1. The zero-order chi connectivity index (χ0) is 5.58. The van der Waals surface area contributed by atoms with Crippen molar-refractivity contribution in [2.24, 2.45) is 0 Å². The molecule has 38 valence electrons. The molecule has 0 aromatic carbocycles. The Kier molecular flexibility index (Phi) is 14.0. The minimum absolute atomic E-state index is 1.17. The van der Waals surface area contributed by atoms with Crippen LogP contribution < -0.4 is 0 Å². The van der Waals surface area contributed by atoms with Gasteiger partial charge in [-0.3, -0.25) is 0 Å². The molecule has 0 saturated carbocycles. The number of rotatable bonds is 0. The van der Waals surface area contributed by atoms with Gasteiger partial charge in [-0.1, -0.05) is 5.57 Å². The standard InChI is InChI=1S/C4H8.CH4S/c1-4(2)3;1-2/h1H2,2-3H3;2H,1H3. The zero-order valence-electron chi connectivity index (χ0n) is 4.65. The molecule has 1 heteroatoms. The summed E-state index contributed by atoms with van der Waals surface area (Å²) in [6.45, 7) is 7.50. The normalized spacial score (nSPS) is 5.33. The highest BCUT2D eigenvalue weighted by atomic mass is 32.1. The van der Waals surface area contributed by atoms with E-state index in [0.717, 1.165) is 0 Å². The van der Waals surface area contributed by atoms with Crippen LogP contribution in [0.15, 0.2) is 12.2 Å². The first-order valence-electron chi connectivity index (χ1n) is 1.80. The SMILES string of the molecule is C=C(C)C.CS. The van der Waals surface area contributed by atoms with Crippen LogP contribution in [-0.2, 0) is 0 Å². The van der Waals surface area contributed by atoms with Gasteiger partial charge >= 0.3 is 0 Å². The first-order valence-corrected chi connectivity index (χ1v) is 2.70. The Morgan fingerprint density at radius 2 is 1.33 bits per heavy atom. The van der Waals surface area contributed by atoms with Crippen LogP contribution in [0.2, 0.25) is 0 Å². The average Bonchev–Trinajstić information content (AvgIpc) is 1.41. The maximum Gasteiger partial charge on any atom is -0.0215 e. The van der Waals surface area contributed by atoms with Crippen molar-refractivity contribution in [2.75, 3.05) is 6.26 Å². The molecule has 0 radical (unpaired) electrons. The Hall–Kier alpha value is 0.0900. The van der Waals surface area contributed by atoms with E-state index in [4.69, 9.17) is 0 Å². The third-order valence-electron chi connectivity index (χ3n) is 0. The van der Waals surface area contributed by atoms with Crippen LogP contribution in [0.5, 0.6) is 0 Å². The van der Waals surface area contributed by atoms with Crippen LogP contribution in [0.25, 0.3) is 0 Å². The van der Waals surface area contributed by atoms with Crippen LogP contribution in [0, 0.1) is 0 Å². The van der Waals surface area contributed by atoms with Gasteiger partial charge in [0.15, 0.2) is 0 Å². The van der Waals surface area contributed by atoms with E-state index in [2.05, 4.69) is 19.2 Å². The summed E-state index contributed by atoms with van der Waals surface area (Å²) in [6.07, 6.45) is 1.69. The Labute approximate surface area is 45.7 Å². The van der Waals surface area contributed by atoms with Gasteiger partial charge in [-0.15, -0.1) is 6.58 Å². The molecule has 0 aromatic heterocycles. The Morgan fingerprint density at radius 3 is 1.33 bits per heavy atom. The van der Waals surface area contributed by atoms with E-state index in [1.54, 1.807) is 6.26 Å². The fourth-order valence-electron chi connectivity index (χ4n) is 0. The summed E-state index contributed by atoms with van der Waals surface area (Å²) < 4.78 is 0. The smallest absolute Gasteiger partial charge is 0.0215 e. The molecular weight excluding hydrogens is 92.1 g/mol. The van der Waals surface area contributed by atoms with Crippen molar-refractivity contribution in [3.8, 4) is 0 Å². The van der Waals surface area contributed by atoms with Crippen LogP contribution in [0.3, 0.4) is 0 Å². The van der Waals surface area contributed by atoms with E-state index >= 15 is 0 Å². The quantitative estimate of drug-likeness (QED) is 0.353. The molecule has 0 aliphatic carbocycles. The van der Waals surface area contributed by atoms with E-state index in [1.165, 1.54) is 5.57 Å². The van der Waals surface area contributed by atoms with Crippen molar-refractivity contribution in [3.63, 3.8) is 0 Å². The van der Waals surface area contributed by atoms with Gasteiger partial charge in [0.25, 0.3) is 0 Å². The second-order valence-corrected chi connectivity index (χ2v) is 1.21. The third-order valence-corrected chi connectivity index (χ3v) is 0. The molecule has 0 spiro atoms. The van der Waals surface area contributed by atoms with E-state index < -0.39 is 0 Å². The van der Waals surface area contributed by atoms with Gasteiger partial charge in [-0.2, -0.15) is 12.6 Å². The van der Waals surface area contributed by atoms with Gasteiger partial charge in [0.1, 0.15) is 0 Å². The summed E-state index contributed by atoms with van der Waals surface area (Å²) in [4.78, 5) is 0. The van der Waals surface area contributed by atoms with Crippen molar-refractivity contribution in [2.45, 2.75) is 13.8 Å². The third kappa shape index (κ3) is 4820. The molecule has 0 amide bonds. The first-order chi connectivity index (χ1) is 2.73. The van der Waals surface area contributed by atoms with Crippen LogP contribution in [-0.4, -0.2) is 6.26 Å². The molecule has 0 aliphatic heterocycles. The van der Waals surface area contributed by atoms with Crippen LogP contribution in [0.4, 0.5) is 0 Å². The fraction of sp³-hybridized carbons (Fsp3) is 0.600. The average molecular weight is 104 g/mol. The molecule has 0 rings (SSSR count). The topological polar surface area (TPSA) is 0 Å². The van der Waals surface area contributed by atoms with Crippen molar-refractivity contribution < 1.29 is 0 Å². The Balaban J connectivity index is 0. The molecular formula is C5H12S. The van der Waals surface area contributed by atoms with Gasteiger partial charge in [0.2, 0.25) is 0 Å². The summed E-state index contributed by atoms with van der Waals surface area (Å²) in [5.41, 5.74) is 1.17. The lowest BCUT2D eigenvalue weighted by molar-refractivity contribution is 1.42. The first kappa shape index (κ1) is 9.43. The summed E-state index contributed by atoms with van der Waals surface area (Å²) in [6, 6.07) is 0. The minimum Gasteiger partial charge on any atom is -0.183 e. The van der Waals surface area contributed by atoms with Crippen LogP contribution >= 0.6 is 12.6 Å². The lowest BCUT2D eigenvalue weighted by atomic mass is 10.4. The second kappa shape index (κ2) is 8.92. The van der Waals surface area contributed by atoms with Gasteiger partial charge in [0, 0.05) is 0 Å². The summed E-state index contributed by atoms with van der Waals surface area (Å²) in [5.74, 6) is 0.